The largest absolute Gasteiger partial charge is 0.493 e. The Kier molecular flexibility index (Phi) is 5.34. The maximum Gasteiger partial charge on any atom is 0.460 e. The van der Waals surface area contributed by atoms with Gasteiger partial charge >= 0.3 is 35.5 Å². The molecule has 8 nitrogen and oxygen atoms in total. The van der Waals surface area contributed by atoms with Crippen molar-refractivity contribution in [1.29, 1.82) is 5.26 Å². The first-order valence-corrected chi connectivity index (χ1v) is 10.8. The molecule has 1 N–H and O–H groups in total. The normalized spacial score (nSPS) is 19.4. The van der Waals surface area contributed by atoms with Gasteiger partial charge in [-0.3, -0.25) is 9.36 Å². The van der Waals surface area contributed by atoms with E-state index >= 15 is 0 Å². The Hall–Kier alpha value is -4.23. The molecule has 0 radical (unpaired) electrons. The average molecular weight is 565 g/mol. The molecule has 39 heavy (non-hydrogen) atoms. The molecule has 2 aliphatic rings. The molecule has 1 aromatic carbocycles. The lowest BCUT2D eigenvalue weighted by Gasteiger charge is -2.36. The van der Waals surface area contributed by atoms with Gasteiger partial charge in [0, 0.05) is 17.3 Å². The van der Waals surface area contributed by atoms with Crippen molar-refractivity contribution < 1.29 is 49.4 Å². The minimum Gasteiger partial charge on any atom is -0.493 e. The van der Waals surface area contributed by atoms with Gasteiger partial charge in [-0.05, 0) is 6.42 Å². The van der Waals surface area contributed by atoms with E-state index in [0.29, 0.717) is 4.57 Å². The van der Waals surface area contributed by atoms with Crippen LogP contribution in [0.5, 0.6) is 5.88 Å². The number of imidazole rings is 1. The fourth-order valence-electron chi connectivity index (χ4n) is 5.02. The van der Waals surface area contributed by atoms with Crippen LogP contribution in [0.4, 0.5) is 39.5 Å². The number of carbonyl (C=O) groups excluding carboxylic acids is 1. The molecule has 1 amide bonds. The molecular formula is C22H12F9N5O3. The molecular weight excluding hydrogens is 553 g/mol. The van der Waals surface area contributed by atoms with Crippen LogP contribution in [-0.2, 0) is 4.79 Å². The number of rotatable bonds is 4. The van der Waals surface area contributed by atoms with Crippen LogP contribution in [0.25, 0.3) is 16.5 Å². The molecule has 0 unspecified atom stereocenters. The number of aromatic hydroxyl groups is 1. The number of nitrogens with zero attached hydrogens (tertiary/aromatic N) is 5. The fraction of sp³-hybridized carbons (Fsp3) is 0.364. The van der Waals surface area contributed by atoms with Crippen LogP contribution in [0.2, 0.25) is 0 Å². The van der Waals surface area contributed by atoms with Gasteiger partial charge in [0.05, 0.1) is 24.0 Å². The third kappa shape index (κ3) is 3.23. The van der Waals surface area contributed by atoms with Crippen molar-refractivity contribution in [3.05, 3.63) is 52.3 Å². The first kappa shape index (κ1) is 26.4. The van der Waals surface area contributed by atoms with E-state index in [1.54, 1.807) is 6.07 Å². The molecule has 0 saturated carbocycles. The van der Waals surface area contributed by atoms with Crippen LogP contribution in [0, 0.1) is 11.3 Å². The van der Waals surface area contributed by atoms with Gasteiger partial charge in [0.1, 0.15) is 17.5 Å². The number of pyridine rings is 1. The smallest absolute Gasteiger partial charge is 0.460 e. The van der Waals surface area contributed by atoms with E-state index in [2.05, 4.69) is 4.98 Å². The lowest BCUT2D eigenvalue weighted by Crippen LogP contribution is -2.65. The quantitative estimate of drug-likeness (QED) is 0.481. The number of fused-ring (bicyclic) bond motifs is 6. The number of amides is 1. The number of benzene rings is 1. The van der Waals surface area contributed by atoms with Gasteiger partial charge < -0.3 is 10.0 Å². The number of hydrogen-bond donors (Lipinski definition) is 1. The number of likely N-dealkylation sites (tertiary alicyclic amines) is 1. The van der Waals surface area contributed by atoms with Gasteiger partial charge in [-0.25, -0.2) is 14.3 Å². The zero-order chi connectivity index (χ0) is 28.9. The van der Waals surface area contributed by atoms with E-state index < -0.39 is 65.7 Å². The fourth-order valence-corrected chi connectivity index (χ4v) is 5.02. The van der Waals surface area contributed by atoms with E-state index in [1.165, 1.54) is 18.2 Å². The summed E-state index contributed by atoms with van der Waals surface area (Å²) in [5.41, 5.74) is -1.59. The van der Waals surface area contributed by atoms with E-state index in [0.717, 1.165) is 10.8 Å². The highest BCUT2D eigenvalue weighted by molar-refractivity contribution is 5.93. The van der Waals surface area contributed by atoms with Gasteiger partial charge in [0.15, 0.2) is 0 Å². The summed E-state index contributed by atoms with van der Waals surface area (Å²) in [6, 6.07) is 4.95. The number of alkyl halides is 9. The highest BCUT2D eigenvalue weighted by atomic mass is 19.4. The van der Waals surface area contributed by atoms with E-state index in [4.69, 9.17) is 0 Å². The van der Waals surface area contributed by atoms with E-state index in [-0.39, 0.29) is 33.5 Å². The number of hydrogen-bond acceptors (Lipinski definition) is 5. The molecule has 2 bridgehead atoms. The molecule has 2 atom stereocenters. The molecule has 0 aliphatic carbocycles. The summed E-state index contributed by atoms with van der Waals surface area (Å²) >= 11 is 0. The predicted molar refractivity (Wildman–Crippen MR) is 111 cm³/mol. The van der Waals surface area contributed by atoms with E-state index in [1.807, 2.05) is 6.07 Å². The SMILES string of the molecule is N#Cc1ncc(-n2c(O)c3n(c2=O)[C@H]2C[C@@H]3N(C(=O)C(F)(F)C(F)(F)C(F)(F)C(F)(F)F)C2)c2ccccc12. The zero-order valence-electron chi connectivity index (χ0n) is 18.9. The first-order valence-electron chi connectivity index (χ1n) is 10.8. The van der Waals surface area contributed by atoms with Crippen LogP contribution in [0.1, 0.15) is 29.9 Å². The highest BCUT2D eigenvalue weighted by Gasteiger charge is 2.84. The third-order valence-electron chi connectivity index (χ3n) is 6.85. The molecule has 206 valence electrons. The highest BCUT2D eigenvalue weighted by Crippen LogP contribution is 2.56. The Morgan fingerprint density at radius 3 is 2.23 bits per heavy atom. The van der Waals surface area contributed by atoms with Crippen LogP contribution in [0.15, 0.2) is 35.3 Å². The Morgan fingerprint density at radius 1 is 1.03 bits per heavy atom. The molecule has 1 saturated heterocycles. The standard InChI is InChI=1S/C22H12F9N5O3/c23-19(24,20(25,26)21(27,28)22(29,30)31)17(38)34-8-9-5-13(34)15-16(37)36(18(39)35(9)15)14-7-33-12(6-32)10-3-1-2-4-11(10)14/h1-4,7,9,13,37H,5,8H2/t9-,13-/m0/s1. The number of carbonyl (C=O) groups is 1. The first-order chi connectivity index (χ1) is 18.0. The lowest BCUT2D eigenvalue weighted by molar-refractivity contribution is -0.389. The van der Waals surface area contributed by atoms with Gasteiger partial charge in [0.2, 0.25) is 5.88 Å². The van der Waals surface area contributed by atoms with Gasteiger partial charge in [0.25, 0.3) is 0 Å². The zero-order valence-corrected chi connectivity index (χ0v) is 18.9. The summed E-state index contributed by atoms with van der Waals surface area (Å²) in [5.74, 6) is -24.9. The molecule has 2 aliphatic heterocycles. The average Bonchev–Trinajstić information content (AvgIpc) is 3.53. The van der Waals surface area contributed by atoms with Crippen molar-refractivity contribution in [3.63, 3.8) is 0 Å². The summed E-state index contributed by atoms with van der Waals surface area (Å²) in [5, 5.41) is 20.7. The van der Waals surface area contributed by atoms with Crippen molar-refractivity contribution in [2.45, 2.75) is 42.4 Å². The molecule has 0 spiro atoms. The maximum absolute atomic E-state index is 14.4. The second-order valence-electron chi connectivity index (χ2n) is 8.93. The monoisotopic (exact) mass is 565 g/mol. The summed E-state index contributed by atoms with van der Waals surface area (Å²) < 4.78 is 122. The maximum atomic E-state index is 14.4. The lowest BCUT2D eigenvalue weighted by atomic mass is 10.0. The third-order valence-corrected chi connectivity index (χ3v) is 6.85. The van der Waals surface area contributed by atoms with Gasteiger partial charge in [-0.1, -0.05) is 24.3 Å². The number of aromatic nitrogens is 3. The van der Waals surface area contributed by atoms with Crippen molar-refractivity contribution in [2.24, 2.45) is 0 Å². The number of nitriles is 1. The molecule has 17 heteroatoms. The van der Waals surface area contributed by atoms with Crippen molar-refractivity contribution >= 4 is 16.7 Å². The molecule has 4 heterocycles. The molecule has 2 aromatic heterocycles. The Labute approximate surface area is 210 Å². The van der Waals surface area contributed by atoms with Gasteiger partial charge in [-0.15, -0.1) is 0 Å². The van der Waals surface area contributed by atoms with Crippen molar-refractivity contribution in [1.82, 2.24) is 19.0 Å². The summed E-state index contributed by atoms with van der Waals surface area (Å²) in [7, 11) is 0. The van der Waals surface area contributed by atoms with E-state index in [9.17, 15) is 59.5 Å². The molecule has 5 rings (SSSR count). The summed E-state index contributed by atoms with van der Waals surface area (Å²) in [4.78, 5) is 29.5. The number of halogens is 9. The predicted octanol–water partition coefficient (Wildman–Crippen LogP) is 4.06. The summed E-state index contributed by atoms with van der Waals surface area (Å²) in [6.07, 6.45) is -6.43. The summed E-state index contributed by atoms with van der Waals surface area (Å²) in [6.45, 7) is -0.907. The molecule has 1 fully saturated rings. The van der Waals surface area contributed by atoms with Crippen molar-refractivity contribution in [3.8, 4) is 17.6 Å². The van der Waals surface area contributed by atoms with Crippen LogP contribution in [0.3, 0.4) is 0 Å². The Balaban J connectivity index is 1.58. The Bertz CT molecular complexity index is 1640. The minimum absolute atomic E-state index is 0.0377. The van der Waals surface area contributed by atoms with Crippen molar-refractivity contribution in [2.75, 3.05) is 6.54 Å². The molecule has 3 aromatic rings. The Morgan fingerprint density at radius 2 is 1.64 bits per heavy atom. The topological polar surface area (TPSA) is 104 Å². The minimum atomic E-state index is -7.25. The van der Waals surface area contributed by atoms with Crippen LogP contribution < -0.4 is 5.69 Å². The van der Waals surface area contributed by atoms with Crippen LogP contribution >= 0.6 is 0 Å². The van der Waals surface area contributed by atoms with Gasteiger partial charge in [-0.2, -0.15) is 44.8 Å². The second kappa shape index (κ2) is 7.90. The van der Waals surface area contributed by atoms with Crippen LogP contribution in [-0.4, -0.2) is 60.5 Å². The second-order valence-corrected chi connectivity index (χ2v) is 8.93.